The van der Waals surface area contributed by atoms with Crippen LogP contribution in [0.15, 0.2) is 51.8 Å². The first-order valence-electron chi connectivity index (χ1n) is 8.72. The second kappa shape index (κ2) is 7.51. The maximum atomic E-state index is 4.88. The lowest BCUT2D eigenvalue weighted by molar-refractivity contribution is 0.315. The van der Waals surface area contributed by atoms with Crippen molar-refractivity contribution in [2.75, 3.05) is 0 Å². The van der Waals surface area contributed by atoms with Crippen molar-refractivity contribution in [3.8, 4) is 0 Å². The number of fused-ring (bicyclic) bond motifs is 2. The lowest BCUT2D eigenvalue weighted by atomic mass is 9.86. The van der Waals surface area contributed by atoms with E-state index in [1.165, 1.54) is 11.1 Å². The lowest BCUT2D eigenvalue weighted by Gasteiger charge is -2.18. The highest BCUT2D eigenvalue weighted by atomic mass is 16.6. The SMILES string of the molecule is C.CC(C)(C)c1ccc2conc2c1.CC(C)(C)c1cccc2nonc12. The van der Waals surface area contributed by atoms with E-state index >= 15 is 0 Å². The average molecular weight is 367 g/mol. The third-order valence-corrected chi connectivity index (χ3v) is 4.32. The Morgan fingerprint density at radius 2 is 1.52 bits per heavy atom. The number of aromatic nitrogens is 3. The van der Waals surface area contributed by atoms with Gasteiger partial charge < -0.3 is 4.52 Å². The van der Waals surface area contributed by atoms with Crippen LogP contribution < -0.4 is 0 Å². The molecule has 0 radical (unpaired) electrons. The summed E-state index contributed by atoms with van der Waals surface area (Å²) in [6, 6.07) is 12.2. The maximum absolute atomic E-state index is 4.88. The first-order valence-corrected chi connectivity index (χ1v) is 8.72. The molecule has 0 N–H and O–H groups in total. The van der Waals surface area contributed by atoms with E-state index in [0.29, 0.717) is 0 Å². The fraction of sp³-hybridized carbons (Fsp3) is 0.409. The summed E-state index contributed by atoms with van der Waals surface area (Å²) < 4.78 is 9.58. The van der Waals surface area contributed by atoms with Crippen LogP contribution in [0.5, 0.6) is 0 Å². The van der Waals surface area contributed by atoms with Gasteiger partial charge in [-0.05, 0) is 50.5 Å². The standard InChI is InChI=1S/C11H13NO.C10H12N2O.CH4/c1-11(2,3)9-5-4-8-7-13-12-10(8)6-9;1-10(2,3)7-5-4-6-8-9(7)12-13-11-8;/h4-7H,1-3H3;4-6H,1-3H3;1H4. The summed E-state index contributed by atoms with van der Waals surface area (Å²) in [5.74, 6) is 0. The topological polar surface area (TPSA) is 65.0 Å². The van der Waals surface area contributed by atoms with Crippen molar-refractivity contribution in [2.45, 2.75) is 59.8 Å². The van der Waals surface area contributed by atoms with Gasteiger partial charge >= 0.3 is 0 Å². The molecular weight excluding hydrogens is 338 g/mol. The fourth-order valence-electron chi connectivity index (χ4n) is 2.74. The van der Waals surface area contributed by atoms with Crippen LogP contribution in [0.2, 0.25) is 0 Å². The number of rotatable bonds is 0. The Hall–Kier alpha value is -2.69. The van der Waals surface area contributed by atoms with E-state index in [1.807, 2.05) is 18.2 Å². The van der Waals surface area contributed by atoms with Crippen LogP contribution in [-0.2, 0) is 10.8 Å². The molecule has 27 heavy (non-hydrogen) atoms. The molecule has 0 bridgehead atoms. The summed E-state index contributed by atoms with van der Waals surface area (Å²) in [5.41, 5.74) is 5.35. The van der Waals surface area contributed by atoms with Crippen molar-refractivity contribution in [2.24, 2.45) is 0 Å². The molecule has 0 aliphatic heterocycles. The molecule has 4 aromatic rings. The number of nitrogens with zero attached hydrogens (tertiary/aromatic N) is 3. The number of hydrogen-bond acceptors (Lipinski definition) is 5. The van der Waals surface area contributed by atoms with E-state index in [-0.39, 0.29) is 18.3 Å². The highest BCUT2D eigenvalue weighted by Crippen LogP contribution is 2.27. The lowest BCUT2D eigenvalue weighted by Crippen LogP contribution is -2.11. The highest BCUT2D eigenvalue weighted by molar-refractivity contribution is 5.78. The summed E-state index contributed by atoms with van der Waals surface area (Å²) >= 11 is 0. The second-order valence-corrected chi connectivity index (χ2v) is 8.53. The van der Waals surface area contributed by atoms with Crippen LogP contribution in [0.3, 0.4) is 0 Å². The number of benzene rings is 2. The third-order valence-electron chi connectivity index (χ3n) is 4.32. The molecule has 0 aliphatic rings. The zero-order valence-electron chi connectivity index (χ0n) is 16.2. The van der Waals surface area contributed by atoms with Crippen LogP contribution in [0, 0.1) is 0 Å². The van der Waals surface area contributed by atoms with E-state index in [2.05, 4.69) is 75.2 Å². The predicted octanol–water partition coefficient (Wildman–Crippen LogP) is 6.28. The Morgan fingerprint density at radius 3 is 2.19 bits per heavy atom. The largest absolute Gasteiger partial charge is 0.364 e. The monoisotopic (exact) mass is 367 g/mol. The Labute approximate surface area is 160 Å². The second-order valence-electron chi connectivity index (χ2n) is 8.53. The van der Waals surface area contributed by atoms with Gasteiger partial charge in [-0.15, -0.1) is 0 Å². The summed E-state index contributed by atoms with van der Waals surface area (Å²) in [6.45, 7) is 13.0. The van der Waals surface area contributed by atoms with E-state index in [1.54, 1.807) is 6.26 Å². The Bertz CT molecular complexity index is 1020. The molecule has 144 valence electrons. The molecule has 0 fully saturated rings. The minimum atomic E-state index is 0. The summed E-state index contributed by atoms with van der Waals surface area (Å²) in [7, 11) is 0. The normalized spacial score (nSPS) is 11.8. The smallest absolute Gasteiger partial charge is 0.138 e. The molecule has 0 aliphatic carbocycles. The van der Waals surface area contributed by atoms with Crippen molar-refractivity contribution < 1.29 is 9.15 Å². The van der Waals surface area contributed by atoms with Crippen LogP contribution in [0.1, 0.15) is 60.1 Å². The van der Waals surface area contributed by atoms with Crippen LogP contribution in [-0.4, -0.2) is 15.5 Å². The van der Waals surface area contributed by atoms with Gasteiger partial charge in [0.2, 0.25) is 0 Å². The Morgan fingerprint density at radius 1 is 0.778 bits per heavy atom. The Kier molecular flexibility index (Phi) is 5.73. The van der Waals surface area contributed by atoms with Crippen molar-refractivity contribution >= 4 is 21.9 Å². The predicted molar refractivity (Wildman–Crippen MR) is 110 cm³/mol. The first-order chi connectivity index (χ1) is 12.2. The van der Waals surface area contributed by atoms with Crippen molar-refractivity contribution in [3.63, 3.8) is 0 Å². The molecule has 4 rings (SSSR count). The summed E-state index contributed by atoms with van der Waals surface area (Å²) in [6.07, 6.45) is 1.67. The van der Waals surface area contributed by atoms with Crippen LogP contribution >= 0.6 is 0 Å². The molecule has 0 spiro atoms. The third kappa shape index (κ3) is 4.54. The average Bonchev–Trinajstić information content (AvgIpc) is 3.21. The molecule has 5 nitrogen and oxygen atoms in total. The molecule has 5 heteroatoms. The van der Waals surface area contributed by atoms with Gasteiger partial charge in [0.15, 0.2) is 0 Å². The zero-order chi connectivity index (χ0) is 18.9. The molecule has 2 aromatic heterocycles. The maximum Gasteiger partial charge on any atom is 0.138 e. The number of hydrogen-bond donors (Lipinski definition) is 0. The van der Waals surface area contributed by atoms with E-state index < -0.39 is 0 Å². The molecular formula is C22H29N3O2. The zero-order valence-corrected chi connectivity index (χ0v) is 16.2. The molecule has 0 saturated heterocycles. The van der Waals surface area contributed by atoms with Gasteiger partial charge in [0.1, 0.15) is 22.8 Å². The molecule has 0 atom stereocenters. The molecule has 0 amide bonds. The van der Waals surface area contributed by atoms with E-state index in [4.69, 9.17) is 9.15 Å². The van der Waals surface area contributed by atoms with E-state index in [9.17, 15) is 0 Å². The molecule has 2 heterocycles. The van der Waals surface area contributed by atoms with Gasteiger partial charge in [0, 0.05) is 5.39 Å². The summed E-state index contributed by atoms with van der Waals surface area (Å²) in [5, 5.41) is 12.7. The first kappa shape index (κ1) is 20.6. The van der Waals surface area contributed by atoms with Gasteiger partial charge in [-0.25, -0.2) is 4.63 Å². The van der Waals surface area contributed by atoms with Gasteiger partial charge in [-0.1, -0.05) is 72.3 Å². The highest BCUT2D eigenvalue weighted by Gasteiger charge is 2.19. The van der Waals surface area contributed by atoms with Crippen molar-refractivity contribution in [1.29, 1.82) is 0 Å². The van der Waals surface area contributed by atoms with Crippen LogP contribution in [0.4, 0.5) is 0 Å². The Balaban J connectivity index is 0.000000187. The quantitative estimate of drug-likeness (QED) is 0.366. The minimum Gasteiger partial charge on any atom is -0.364 e. The van der Waals surface area contributed by atoms with E-state index in [0.717, 1.165) is 21.9 Å². The molecule has 0 saturated carbocycles. The van der Waals surface area contributed by atoms with Gasteiger partial charge in [0.25, 0.3) is 0 Å². The molecule has 2 aromatic carbocycles. The van der Waals surface area contributed by atoms with Gasteiger partial charge in [0.05, 0.1) is 0 Å². The van der Waals surface area contributed by atoms with Crippen molar-refractivity contribution in [3.05, 3.63) is 53.8 Å². The van der Waals surface area contributed by atoms with Gasteiger partial charge in [-0.2, -0.15) is 0 Å². The minimum absolute atomic E-state index is 0. The van der Waals surface area contributed by atoms with Crippen molar-refractivity contribution in [1.82, 2.24) is 15.5 Å². The van der Waals surface area contributed by atoms with Gasteiger partial charge in [-0.3, -0.25) is 0 Å². The molecule has 0 unspecified atom stereocenters. The fourth-order valence-corrected chi connectivity index (χ4v) is 2.74. The summed E-state index contributed by atoms with van der Waals surface area (Å²) in [4.78, 5) is 0. The van der Waals surface area contributed by atoms with Crippen LogP contribution in [0.25, 0.3) is 21.9 Å².